The minimum Gasteiger partial charge on any atom is -0.308 e. The first-order valence-corrected chi connectivity index (χ1v) is 10.4. The Bertz CT molecular complexity index is 1420. The monoisotopic (exact) mass is 397 g/mol. The Hall–Kier alpha value is -3.54. The highest BCUT2D eigenvalue weighted by Gasteiger charge is 2.20. The lowest BCUT2D eigenvalue weighted by Gasteiger charge is -2.12. The Morgan fingerprint density at radius 3 is 2.37 bits per heavy atom. The van der Waals surface area contributed by atoms with Crippen LogP contribution in [0, 0.1) is 0 Å². The van der Waals surface area contributed by atoms with Gasteiger partial charge in [0.25, 0.3) is 5.56 Å². The molecule has 0 saturated heterocycles. The van der Waals surface area contributed by atoms with Gasteiger partial charge in [-0.2, -0.15) is 0 Å². The molecular weight excluding hydrogens is 374 g/mol. The van der Waals surface area contributed by atoms with E-state index in [1.54, 1.807) is 10.9 Å². The van der Waals surface area contributed by atoms with Gasteiger partial charge >= 0.3 is 0 Å². The molecule has 3 aromatic heterocycles. The number of benzene rings is 2. The summed E-state index contributed by atoms with van der Waals surface area (Å²) in [6.07, 6.45) is 3.34. The molecule has 5 rings (SSSR count). The second-order valence-corrected chi connectivity index (χ2v) is 7.68. The first-order chi connectivity index (χ1) is 14.7. The Kier molecular flexibility index (Phi) is 4.54. The van der Waals surface area contributed by atoms with Crippen molar-refractivity contribution in [3.8, 4) is 0 Å². The summed E-state index contributed by atoms with van der Waals surface area (Å²) < 4.78 is 3.75. The summed E-state index contributed by atoms with van der Waals surface area (Å²) in [5, 5.41) is 0.555. The molecule has 3 heterocycles. The van der Waals surface area contributed by atoms with E-state index in [0.29, 0.717) is 28.7 Å². The summed E-state index contributed by atoms with van der Waals surface area (Å²) in [5.41, 5.74) is 4.77. The van der Waals surface area contributed by atoms with E-state index < -0.39 is 0 Å². The van der Waals surface area contributed by atoms with Crippen LogP contribution in [-0.2, 0) is 13.0 Å². The molecule has 30 heavy (non-hydrogen) atoms. The van der Waals surface area contributed by atoms with Gasteiger partial charge in [0.2, 0.25) is 0 Å². The lowest BCUT2D eigenvalue weighted by atomic mass is 10.1. The van der Waals surface area contributed by atoms with Crippen LogP contribution in [0.5, 0.6) is 0 Å². The van der Waals surface area contributed by atoms with Crippen molar-refractivity contribution in [2.45, 2.75) is 39.3 Å². The summed E-state index contributed by atoms with van der Waals surface area (Å²) in [6, 6.07) is 18.2. The van der Waals surface area contributed by atoms with Gasteiger partial charge in [0.1, 0.15) is 17.2 Å². The average molecular weight is 397 g/mol. The fourth-order valence-corrected chi connectivity index (χ4v) is 3.93. The molecule has 1 unspecified atom stereocenters. The van der Waals surface area contributed by atoms with Crippen LogP contribution in [0.3, 0.4) is 0 Å². The molecule has 6 nitrogen and oxygen atoms in total. The number of para-hydroxylation sites is 2. The van der Waals surface area contributed by atoms with Crippen molar-refractivity contribution in [1.82, 2.24) is 24.1 Å². The van der Waals surface area contributed by atoms with Crippen LogP contribution in [0.15, 0.2) is 65.7 Å². The number of fused-ring (bicyclic) bond motifs is 4. The highest BCUT2D eigenvalue weighted by Crippen LogP contribution is 2.26. The first-order valence-electron chi connectivity index (χ1n) is 10.4. The van der Waals surface area contributed by atoms with Crippen LogP contribution in [-0.4, -0.2) is 24.1 Å². The maximum Gasteiger partial charge on any atom is 0.265 e. The molecule has 0 aliphatic heterocycles. The number of hydrogen-bond donors (Lipinski definition) is 0. The second kappa shape index (κ2) is 7.37. The number of hydrogen-bond acceptors (Lipinski definition) is 4. The minimum atomic E-state index is -0.0533. The van der Waals surface area contributed by atoms with Gasteiger partial charge in [-0.3, -0.25) is 9.36 Å². The van der Waals surface area contributed by atoms with E-state index in [1.807, 2.05) is 54.0 Å². The summed E-state index contributed by atoms with van der Waals surface area (Å²) in [7, 11) is 0. The smallest absolute Gasteiger partial charge is 0.265 e. The largest absolute Gasteiger partial charge is 0.308 e. The number of aromatic nitrogens is 5. The number of aryl methyl sites for hydroxylation is 2. The van der Waals surface area contributed by atoms with Gasteiger partial charge in [0.05, 0.1) is 11.0 Å². The number of nitrogens with zero attached hydrogens (tertiary/aromatic N) is 5. The third-order valence-electron chi connectivity index (χ3n) is 5.81. The molecule has 0 N–H and O–H groups in total. The molecule has 2 aromatic carbocycles. The fraction of sp³-hybridized carbons (Fsp3) is 0.250. The zero-order valence-electron chi connectivity index (χ0n) is 17.1. The van der Waals surface area contributed by atoms with Crippen molar-refractivity contribution < 1.29 is 0 Å². The maximum absolute atomic E-state index is 13.4. The van der Waals surface area contributed by atoms with E-state index in [-0.39, 0.29) is 11.6 Å². The Labute approximate surface area is 173 Å². The van der Waals surface area contributed by atoms with Crippen molar-refractivity contribution in [2.24, 2.45) is 0 Å². The molecule has 0 amide bonds. The number of rotatable bonds is 5. The molecule has 0 radical (unpaired) electrons. The van der Waals surface area contributed by atoms with Gasteiger partial charge < -0.3 is 4.57 Å². The van der Waals surface area contributed by atoms with Crippen LogP contribution in [0.25, 0.3) is 33.2 Å². The van der Waals surface area contributed by atoms with E-state index in [0.717, 1.165) is 23.9 Å². The third kappa shape index (κ3) is 2.96. The first kappa shape index (κ1) is 18.5. The van der Waals surface area contributed by atoms with Gasteiger partial charge in [-0.25, -0.2) is 15.0 Å². The molecule has 0 spiro atoms. The van der Waals surface area contributed by atoms with Gasteiger partial charge in [-0.15, -0.1) is 0 Å². The van der Waals surface area contributed by atoms with Crippen molar-refractivity contribution >= 4 is 33.2 Å². The lowest BCUT2D eigenvalue weighted by molar-refractivity contribution is 0.510. The molecule has 1 atom stereocenters. The molecule has 0 bridgehead atoms. The molecule has 5 aromatic rings. The Morgan fingerprint density at radius 2 is 1.63 bits per heavy atom. The molecule has 0 aliphatic carbocycles. The van der Waals surface area contributed by atoms with E-state index in [1.165, 1.54) is 5.56 Å². The van der Waals surface area contributed by atoms with Crippen molar-refractivity contribution in [3.05, 3.63) is 76.8 Å². The van der Waals surface area contributed by atoms with Gasteiger partial charge in [0, 0.05) is 12.6 Å². The van der Waals surface area contributed by atoms with Crippen molar-refractivity contribution in [3.63, 3.8) is 0 Å². The normalized spacial score (nSPS) is 12.7. The fourth-order valence-electron chi connectivity index (χ4n) is 3.93. The van der Waals surface area contributed by atoms with E-state index in [9.17, 15) is 4.79 Å². The average Bonchev–Trinajstić information content (AvgIpc) is 3.09. The lowest BCUT2D eigenvalue weighted by Crippen LogP contribution is -2.23. The summed E-state index contributed by atoms with van der Waals surface area (Å²) in [5.74, 6) is 0. The second-order valence-electron chi connectivity index (χ2n) is 7.68. The van der Waals surface area contributed by atoms with Crippen LogP contribution < -0.4 is 5.56 Å². The van der Waals surface area contributed by atoms with Crippen LogP contribution >= 0.6 is 0 Å². The summed E-state index contributed by atoms with van der Waals surface area (Å²) >= 11 is 0. The highest BCUT2D eigenvalue weighted by atomic mass is 16.1. The van der Waals surface area contributed by atoms with Crippen LogP contribution in [0.1, 0.15) is 31.9 Å². The topological polar surface area (TPSA) is 65.6 Å². The molecule has 150 valence electrons. The molecule has 0 saturated carbocycles. The Balaban J connectivity index is 1.78. The molecule has 6 heteroatoms. The SMILES string of the molecule is CCC(C)n1cnc2c(c1=O)c1nc3ccccc3nc1n2CCc1ccccc1. The van der Waals surface area contributed by atoms with Crippen molar-refractivity contribution in [2.75, 3.05) is 0 Å². The van der Waals surface area contributed by atoms with Gasteiger partial charge in [-0.05, 0) is 37.5 Å². The summed E-state index contributed by atoms with van der Waals surface area (Å²) in [6.45, 7) is 4.78. The maximum atomic E-state index is 13.4. The van der Waals surface area contributed by atoms with E-state index in [4.69, 9.17) is 15.0 Å². The van der Waals surface area contributed by atoms with Crippen molar-refractivity contribution in [1.29, 1.82) is 0 Å². The predicted molar refractivity (Wildman–Crippen MR) is 120 cm³/mol. The quantitative estimate of drug-likeness (QED) is 0.438. The van der Waals surface area contributed by atoms with Gasteiger partial charge in [0.15, 0.2) is 11.3 Å². The van der Waals surface area contributed by atoms with Gasteiger partial charge in [-0.1, -0.05) is 49.4 Å². The molecule has 0 aliphatic rings. The molecule has 0 fully saturated rings. The molecular formula is C24H23N5O. The predicted octanol–water partition coefficient (Wildman–Crippen LogP) is 4.51. The highest BCUT2D eigenvalue weighted by molar-refractivity contribution is 6.04. The summed E-state index contributed by atoms with van der Waals surface area (Å²) in [4.78, 5) is 27.8. The minimum absolute atomic E-state index is 0.0533. The van der Waals surface area contributed by atoms with Crippen LogP contribution in [0.2, 0.25) is 0 Å². The zero-order valence-corrected chi connectivity index (χ0v) is 17.1. The standard InChI is InChI=1S/C24H23N5O/c1-3-16(2)29-15-25-22-20(24(29)30)21-23(27-19-12-8-7-11-18(19)26-21)28(22)14-13-17-9-5-4-6-10-17/h4-12,15-16H,3,13-14H2,1-2H3. The zero-order chi connectivity index (χ0) is 20.7. The van der Waals surface area contributed by atoms with E-state index in [2.05, 4.69) is 19.1 Å². The van der Waals surface area contributed by atoms with Crippen LogP contribution in [0.4, 0.5) is 0 Å². The third-order valence-corrected chi connectivity index (χ3v) is 5.81. The Morgan fingerprint density at radius 1 is 0.933 bits per heavy atom. The van der Waals surface area contributed by atoms with E-state index >= 15 is 0 Å².